The van der Waals surface area contributed by atoms with Crippen molar-refractivity contribution in [3.8, 4) is 0 Å². The van der Waals surface area contributed by atoms with Crippen molar-refractivity contribution in [3.63, 3.8) is 0 Å². The summed E-state index contributed by atoms with van der Waals surface area (Å²) in [5.41, 5.74) is 0.278. The number of unbranched alkanes of at least 4 members (excludes halogenated alkanes) is 1. The van der Waals surface area contributed by atoms with Crippen LogP contribution in [0.25, 0.3) is 0 Å². The Hall–Kier alpha value is -1.70. The average Bonchev–Trinajstić information content (AvgIpc) is 2.82. The summed E-state index contributed by atoms with van der Waals surface area (Å²) >= 11 is 0. The molecule has 1 aromatic heterocycles. The van der Waals surface area contributed by atoms with Crippen molar-refractivity contribution in [2.45, 2.75) is 39.2 Å². The molecule has 8 heteroatoms. The van der Waals surface area contributed by atoms with Crippen LogP contribution in [-0.4, -0.2) is 55.4 Å². The molecule has 1 aromatic rings. The number of sulfone groups is 1. The lowest BCUT2D eigenvalue weighted by Gasteiger charge is -2.19. The first-order chi connectivity index (χ1) is 10.8. The highest BCUT2D eigenvalue weighted by molar-refractivity contribution is 7.91. The lowest BCUT2D eigenvalue weighted by Crippen LogP contribution is -2.36. The van der Waals surface area contributed by atoms with E-state index in [2.05, 4.69) is 22.2 Å². The third-order valence-corrected chi connectivity index (χ3v) is 5.63. The highest BCUT2D eigenvalue weighted by Gasteiger charge is 2.29. The van der Waals surface area contributed by atoms with Gasteiger partial charge in [0.2, 0.25) is 0 Å². The van der Waals surface area contributed by atoms with Gasteiger partial charge < -0.3 is 10.2 Å². The van der Waals surface area contributed by atoms with Gasteiger partial charge in [0.05, 0.1) is 11.5 Å². The van der Waals surface area contributed by atoms with E-state index < -0.39 is 9.84 Å². The molecule has 1 N–H and O–H groups in total. The molecule has 2 rings (SSSR count). The van der Waals surface area contributed by atoms with Crippen LogP contribution in [0.5, 0.6) is 0 Å². The number of nitrogens with zero attached hydrogens (tertiary/aromatic N) is 3. The number of rotatable bonds is 6. The van der Waals surface area contributed by atoms with E-state index in [-0.39, 0.29) is 29.1 Å². The van der Waals surface area contributed by atoms with Gasteiger partial charge in [-0.1, -0.05) is 13.3 Å². The minimum absolute atomic E-state index is 0.00602. The van der Waals surface area contributed by atoms with Crippen molar-refractivity contribution in [3.05, 3.63) is 17.6 Å². The first kappa shape index (κ1) is 17.7. The Kier molecular flexibility index (Phi) is 5.56. The quantitative estimate of drug-likeness (QED) is 0.828. The largest absolute Gasteiger partial charge is 0.360 e. The predicted octanol–water partition coefficient (Wildman–Crippen LogP) is 0.938. The van der Waals surface area contributed by atoms with Crippen molar-refractivity contribution < 1.29 is 13.2 Å². The molecular formula is C15H24N4O3S. The van der Waals surface area contributed by atoms with Gasteiger partial charge in [-0.25, -0.2) is 18.4 Å². The van der Waals surface area contributed by atoms with Gasteiger partial charge in [0, 0.05) is 25.7 Å². The van der Waals surface area contributed by atoms with Crippen molar-refractivity contribution >= 4 is 21.6 Å². The van der Waals surface area contributed by atoms with E-state index in [0.717, 1.165) is 19.4 Å². The van der Waals surface area contributed by atoms with Gasteiger partial charge in [-0.2, -0.15) is 0 Å². The van der Waals surface area contributed by atoms with Gasteiger partial charge in [0.1, 0.15) is 17.3 Å². The van der Waals surface area contributed by atoms with Gasteiger partial charge in [-0.05, 0) is 19.8 Å². The minimum Gasteiger partial charge on any atom is -0.360 e. The molecule has 0 saturated carbocycles. The standard InChI is InChI=1S/C15H24N4O3S/c1-4-5-7-19(3)14-9-13(16-11(2)17-14)15(20)18-12-6-8-23(21,22)10-12/h9,12H,4-8,10H2,1-3H3,(H,18,20). The van der Waals surface area contributed by atoms with Gasteiger partial charge in [0.25, 0.3) is 5.91 Å². The third-order valence-electron chi connectivity index (χ3n) is 3.86. The lowest BCUT2D eigenvalue weighted by atomic mass is 10.2. The molecule has 0 aliphatic carbocycles. The number of carbonyl (C=O) groups excluding carboxylic acids is 1. The van der Waals surface area contributed by atoms with E-state index >= 15 is 0 Å². The zero-order valence-electron chi connectivity index (χ0n) is 13.9. The molecule has 7 nitrogen and oxygen atoms in total. The van der Waals surface area contributed by atoms with Gasteiger partial charge in [-0.3, -0.25) is 4.79 Å². The topological polar surface area (TPSA) is 92.3 Å². The van der Waals surface area contributed by atoms with Crippen LogP contribution in [-0.2, 0) is 9.84 Å². The van der Waals surface area contributed by atoms with E-state index in [0.29, 0.717) is 18.1 Å². The number of aromatic nitrogens is 2. The second kappa shape index (κ2) is 7.25. The van der Waals surface area contributed by atoms with Crippen LogP contribution < -0.4 is 10.2 Å². The molecule has 1 atom stereocenters. The molecule has 23 heavy (non-hydrogen) atoms. The second-order valence-electron chi connectivity index (χ2n) is 6.01. The summed E-state index contributed by atoms with van der Waals surface area (Å²) in [6.45, 7) is 4.72. The van der Waals surface area contributed by atoms with Gasteiger partial charge in [0.15, 0.2) is 9.84 Å². The first-order valence-corrected chi connectivity index (χ1v) is 9.71. The van der Waals surface area contributed by atoms with Crippen LogP contribution in [0.3, 0.4) is 0 Å². The fraction of sp³-hybridized carbons (Fsp3) is 0.667. The van der Waals surface area contributed by atoms with Crippen LogP contribution in [0.1, 0.15) is 42.5 Å². The predicted molar refractivity (Wildman–Crippen MR) is 89.5 cm³/mol. The normalized spacial score (nSPS) is 19.5. The number of anilines is 1. The van der Waals surface area contributed by atoms with Crippen molar-refractivity contribution in [2.24, 2.45) is 0 Å². The Labute approximate surface area is 137 Å². The molecule has 1 amide bonds. The van der Waals surface area contributed by atoms with Crippen LogP contribution in [0.2, 0.25) is 0 Å². The zero-order chi connectivity index (χ0) is 17.0. The molecule has 0 aromatic carbocycles. The molecule has 0 bridgehead atoms. The van der Waals surface area contributed by atoms with Gasteiger partial charge in [-0.15, -0.1) is 0 Å². The number of hydrogen-bond acceptors (Lipinski definition) is 6. The highest BCUT2D eigenvalue weighted by Crippen LogP contribution is 2.14. The summed E-state index contributed by atoms with van der Waals surface area (Å²) in [7, 11) is -1.09. The molecule has 128 valence electrons. The fourth-order valence-corrected chi connectivity index (χ4v) is 4.22. The fourth-order valence-electron chi connectivity index (χ4n) is 2.54. The summed E-state index contributed by atoms with van der Waals surface area (Å²) < 4.78 is 22.9. The van der Waals surface area contributed by atoms with E-state index in [4.69, 9.17) is 0 Å². The summed E-state index contributed by atoms with van der Waals surface area (Å²) in [4.78, 5) is 22.9. The Morgan fingerprint density at radius 2 is 2.17 bits per heavy atom. The van der Waals surface area contributed by atoms with Crippen LogP contribution in [0.15, 0.2) is 6.07 Å². The first-order valence-electron chi connectivity index (χ1n) is 7.89. The zero-order valence-corrected chi connectivity index (χ0v) is 14.7. The number of hydrogen-bond donors (Lipinski definition) is 1. The van der Waals surface area contributed by atoms with Crippen LogP contribution >= 0.6 is 0 Å². The summed E-state index contributed by atoms with van der Waals surface area (Å²) in [6, 6.07) is 1.32. The van der Waals surface area contributed by atoms with E-state index in [1.54, 1.807) is 13.0 Å². The number of aryl methyl sites for hydroxylation is 1. The smallest absolute Gasteiger partial charge is 0.270 e. The molecule has 0 spiro atoms. The molecule has 1 fully saturated rings. The van der Waals surface area contributed by atoms with E-state index in [9.17, 15) is 13.2 Å². The number of amides is 1. The maximum atomic E-state index is 12.3. The Bertz CT molecular complexity index is 675. The third kappa shape index (κ3) is 4.89. The Balaban J connectivity index is 2.09. The van der Waals surface area contributed by atoms with E-state index in [1.807, 2.05) is 11.9 Å². The summed E-state index contributed by atoms with van der Waals surface area (Å²) in [6.07, 6.45) is 2.58. The Morgan fingerprint density at radius 1 is 1.43 bits per heavy atom. The molecule has 2 heterocycles. The maximum absolute atomic E-state index is 12.3. The molecule has 1 saturated heterocycles. The average molecular weight is 340 g/mol. The van der Waals surface area contributed by atoms with E-state index in [1.165, 1.54) is 0 Å². The molecular weight excluding hydrogens is 316 g/mol. The van der Waals surface area contributed by atoms with Gasteiger partial charge >= 0.3 is 0 Å². The molecule has 1 aliphatic rings. The van der Waals surface area contributed by atoms with Crippen molar-refractivity contribution in [1.29, 1.82) is 0 Å². The minimum atomic E-state index is -3.02. The van der Waals surface area contributed by atoms with Crippen LogP contribution in [0, 0.1) is 6.92 Å². The molecule has 0 radical (unpaired) electrons. The Morgan fingerprint density at radius 3 is 2.78 bits per heavy atom. The monoisotopic (exact) mass is 340 g/mol. The SMILES string of the molecule is CCCCN(C)c1cc(C(=O)NC2CCS(=O)(=O)C2)nc(C)n1. The highest BCUT2D eigenvalue weighted by atomic mass is 32.2. The lowest BCUT2D eigenvalue weighted by molar-refractivity contribution is 0.0935. The summed E-state index contributed by atoms with van der Waals surface area (Å²) in [5, 5.41) is 2.76. The number of nitrogens with one attached hydrogen (secondary N) is 1. The second-order valence-corrected chi connectivity index (χ2v) is 8.24. The molecule has 1 unspecified atom stereocenters. The van der Waals surface area contributed by atoms with Crippen molar-refractivity contribution in [2.75, 3.05) is 30.0 Å². The maximum Gasteiger partial charge on any atom is 0.270 e. The van der Waals surface area contributed by atoms with Crippen molar-refractivity contribution in [1.82, 2.24) is 15.3 Å². The van der Waals surface area contributed by atoms with Crippen LogP contribution in [0.4, 0.5) is 5.82 Å². The molecule has 1 aliphatic heterocycles. The number of carbonyl (C=O) groups is 1. The summed E-state index contributed by atoms with van der Waals surface area (Å²) in [5.74, 6) is 1.02.